The Balaban J connectivity index is 1.41. The van der Waals surface area contributed by atoms with E-state index in [1.807, 2.05) is 6.07 Å². The molecule has 2 N–H and O–H groups in total. The van der Waals surface area contributed by atoms with Gasteiger partial charge in [-0.1, -0.05) is 35.9 Å². The number of hydrogen-bond acceptors (Lipinski definition) is 4. The number of aromatic amines is 1. The van der Waals surface area contributed by atoms with Gasteiger partial charge >= 0.3 is 0 Å². The Kier molecular flexibility index (Phi) is 5.10. The van der Waals surface area contributed by atoms with Crippen LogP contribution in [-0.4, -0.2) is 32.4 Å². The first-order chi connectivity index (χ1) is 15.4. The minimum absolute atomic E-state index is 0.0708. The van der Waals surface area contributed by atoms with Gasteiger partial charge in [-0.05, 0) is 48.2 Å². The largest absolute Gasteiger partial charge is 0.378 e. The predicted octanol–water partition coefficient (Wildman–Crippen LogP) is 3.26. The molecular formula is C24H21ClFN3O3. The molecule has 2 aromatic carbocycles. The molecule has 1 aliphatic carbocycles. The first-order valence-corrected chi connectivity index (χ1v) is 10.9. The average Bonchev–Trinajstić information content (AvgIpc) is 3.60. The Labute approximate surface area is 188 Å². The summed E-state index contributed by atoms with van der Waals surface area (Å²) in [7, 11) is 0. The molecule has 0 radical (unpaired) electrons. The molecule has 1 amide bonds. The molecule has 5 rings (SSSR count). The first kappa shape index (κ1) is 20.8. The third-order valence-corrected chi connectivity index (χ3v) is 6.59. The van der Waals surface area contributed by atoms with E-state index in [1.165, 1.54) is 17.0 Å². The maximum Gasteiger partial charge on any atom is 0.256 e. The summed E-state index contributed by atoms with van der Waals surface area (Å²) in [5.41, 5.74) is 1.50. The number of aliphatic hydroxyl groups is 1. The van der Waals surface area contributed by atoms with Crippen molar-refractivity contribution in [1.82, 2.24) is 14.9 Å². The van der Waals surface area contributed by atoms with Crippen LogP contribution in [0.5, 0.6) is 0 Å². The van der Waals surface area contributed by atoms with Crippen molar-refractivity contribution >= 4 is 17.5 Å². The smallest absolute Gasteiger partial charge is 0.256 e. The molecular weight excluding hydrogens is 433 g/mol. The molecule has 0 unspecified atom stereocenters. The van der Waals surface area contributed by atoms with Gasteiger partial charge in [0.2, 0.25) is 0 Å². The summed E-state index contributed by atoms with van der Waals surface area (Å²) >= 11 is 5.97. The monoisotopic (exact) mass is 453 g/mol. The van der Waals surface area contributed by atoms with Crippen LogP contribution in [0.4, 0.5) is 4.39 Å². The summed E-state index contributed by atoms with van der Waals surface area (Å²) < 4.78 is 13.8. The third kappa shape index (κ3) is 3.61. The lowest BCUT2D eigenvalue weighted by Crippen LogP contribution is -2.42. The molecule has 2 heterocycles. The molecule has 8 heteroatoms. The number of fused-ring (bicyclic) bond motifs is 1. The first-order valence-electron chi connectivity index (χ1n) is 10.5. The zero-order valence-corrected chi connectivity index (χ0v) is 17.9. The molecule has 6 nitrogen and oxygen atoms in total. The van der Waals surface area contributed by atoms with Crippen molar-refractivity contribution in [3.05, 3.63) is 97.9 Å². The highest BCUT2D eigenvalue weighted by molar-refractivity contribution is 6.30. The van der Waals surface area contributed by atoms with E-state index in [1.54, 1.807) is 30.3 Å². The Morgan fingerprint density at radius 1 is 1.22 bits per heavy atom. The molecule has 1 fully saturated rings. The van der Waals surface area contributed by atoms with Crippen LogP contribution in [0, 0.1) is 5.82 Å². The van der Waals surface area contributed by atoms with Gasteiger partial charge in [-0.15, -0.1) is 0 Å². The Hall–Kier alpha value is -3.03. The van der Waals surface area contributed by atoms with Crippen LogP contribution in [0.1, 0.15) is 47.2 Å². The number of carbonyl (C=O) groups is 1. The molecule has 164 valence electrons. The zero-order valence-electron chi connectivity index (χ0n) is 17.1. The lowest BCUT2D eigenvalue weighted by molar-refractivity contribution is -0.141. The maximum absolute atomic E-state index is 13.8. The minimum atomic E-state index is -1.36. The van der Waals surface area contributed by atoms with Gasteiger partial charge in [-0.2, -0.15) is 0 Å². The van der Waals surface area contributed by atoms with Gasteiger partial charge in [-0.3, -0.25) is 9.59 Å². The number of carbonyl (C=O) groups excluding carboxylic acids is 1. The summed E-state index contributed by atoms with van der Waals surface area (Å²) in [5.74, 6) is -0.257. The van der Waals surface area contributed by atoms with Crippen LogP contribution in [0.15, 0.2) is 53.3 Å². The van der Waals surface area contributed by atoms with Gasteiger partial charge in [0.25, 0.3) is 11.5 Å². The van der Waals surface area contributed by atoms with Crippen LogP contribution in [-0.2, 0) is 23.2 Å². The maximum atomic E-state index is 13.8. The highest BCUT2D eigenvalue weighted by Gasteiger charge is 2.49. The highest BCUT2D eigenvalue weighted by atomic mass is 35.5. The lowest BCUT2D eigenvalue weighted by Gasteiger charge is -2.30. The quantitative estimate of drug-likeness (QED) is 0.635. The van der Waals surface area contributed by atoms with Crippen LogP contribution in [0.25, 0.3) is 0 Å². The van der Waals surface area contributed by atoms with Crippen molar-refractivity contribution in [3.8, 4) is 0 Å². The number of aliphatic hydroxyl groups excluding tert-OH is 1. The van der Waals surface area contributed by atoms with E-state index in [-0.39, 0.29) is 17.9 Å². The number of rotatable bonds is 4. The van der Waals surface area contributed by atoms with Crippen molar-refractivity contribution in [2.24, 2.45) is 0 Å². The molecule has 32 heavy (non-hydrogen) atoms. The Morgan fingerprint density at radius 2 is 2.00 bits per heavy atom. The fourth-order valence-corrected chi connectivity index (χ4v) is 4.60. The second-order valence-corrected chi connectivity index (χ2v) is 8.84. The van der Waals surface area contributed by atoms with E-state index in [2.05, 4.69) is 4.98 Å². The van der Waals surface area contributed by atoms with Crippen LogP contribution < -0.4 is 5.56 Å². The van der Waals surface area contributed by atoms with Crippen molar-refractivity contribution in [3.63, 3.8) is 0 Å². The number of halogens is 2. The topological polar surface area (TPSA) is 86.3 Å². The van der Waals surface area contributed by atoms with Gasteiger partial charge < -0.3 is 15.0 Å². The van der Waals surface area contributed by atoms with E-state index in [0.717, 1.165) is 18.4 Å². The molecule has 0 saturated heterocycles. The molecule has 0 bridgehead atoms. The molecule has 0 spiro atoms. The molecule has 2 aliphatic rings. The van der Waals surface area contributed by atoms with Gasteiger partial charge in [-0.25, -0.2) is 9.37 Å². The number of nitrogens with one attached hydrogen (secondary N) is 1. The van der Waals surface area contributed by atoms with Crippen LogP contribution in [0.2, 0.25) is 5.02 Å². The van der Waals surface area contributed by atoms with Crippen molar-refractivity contribution < 1.29 is 14.3 Å². The fourth-order valence-electron chi connectivity index (χ4n) is 4.41. The molecule has 1 aliphatic heterocycles. The van der Waals surface area contributed by atoms with E-state index >= 15 is 0 Å². The van der Waals surface area contributed by atoms with E-state index in [9.17, 15) is 19.1 Å². The normalized spacial score (nSPS) is 17.5. The number of benzene rings is 2. The van der Waals surface area contributed by atoms with Gasteiger partial charge in [0.15, 0.2) is 6.10 Å². The van der Waals surface area contributed by atoms with Gasteiger partial charge in [0, 0.05) is 18.0 Å². The second-order valence-electron chi connectivity index (χ2n) is 8.40. The predicted molar refractivity (Wildman–Crippen MR) is 117 cm³/mol. The standard InChI is InChI=1S/C24H21ClFN3O3/c25-16-5-1-3-14(11-16)20(30)22(32)29-10-7-19-18(13-29)21(31)28-23(27-19)24(8-9-24)15-4-2-6-17(26)12-15/h1-6,11-12,20,30H,7-10,13H2,(H,27,28,31)/t20-/m1/s1. The summed E-state index contributed by atoms with van der Waals surface area (Å²) in [6, 6.07) is 12.9. The summed E-state index contributed by atoms with van der Waals surface area (Å²) in [6.45, 7) is 0.410. The molecule has 1 aromatic heterocycles. The summed E-state index contributed by atoms with van der Waals surface area (Å²) in [4.78, 5) is 34.8. The number of amides is 1. The zero-order chi connectivity index (χ0) is 22.5. The number of hydrogen-bond donors (Lipinski definition) is 2. The van der Waals surface area contributed by atoms with Crippen molar-refractivity contribution in [2.45, 2.75) is 37.3 Å². The number of aromatic nitrogens is 2. The van der Waals surface area contributed by atoms with Crippen molar-refractivity contribution in [1.29, 1.82) is 0 Å². The minimum Gasteiger partial charge on any atom is -0.378 e. The Bertz CT molecular complexity index is 1270. The molecule has 3 aromatic rings. The molecule has 1 atom stereocenters. The Morgan fingerprint density at radius 3 is 2.72 bits per heavy atom. The van der Waals surface area contributed by atoms with E-state index in [0.29, 0.717) is 40.6 Å². The van der Waals surface area contributed by atoms with Crippen LogP contribution >= 0.6 is 11.6 Å². The van der Waals surface area contributed by atoms with E-state index in [4.69, 9.17) is 16.6 Å². The average molecular weight is 454 g/mol. The molecule has 1 saturated carbocycles. The van der Waals surface area contributed by atoms with Crippen molar-refractivity contribution in [2.75, 3.05) is 6.54 Å². The lowest BCUT2D eigenvalue weighted by atomic mass is 9.94. The van der Waals surface area contributed by atoms with Crippen LogP contribution in [0.3, 0.4) is 0 Å². The third-order valence-electron chi connectivity index (χ3n) is 6.36. The second kappa shape index (κ2) is 7.83. The number of nitrogens with zero attached hydrogens (tertiary/aromatic N) is 2. The van der Waals surface area contributed by atoms with Gasteiger partial charge in [0.1, 0.15) is 11.6 Å². The summed E-state index contributed by atoms with van der Waals surface area (Å²) in [6.07, 6.45) is 0.618. The summed E-state index contributed by atoms with van der Waals surface area (Å²) in [5, 5.41) is 10.9. The number of H-pyrrole nitrogens is 1. The fraction of sp³-hybridized carbons (Fsp3) is 0.292. The SMILES string of the molecule is O=C([C@H](O)c1cccc(Cl)c1)N1CCc2nc(C3(c4cccc(F)c4)CC3)[nH]c(=O)c2C1. The van der Waals surface area contributed by atoms with Gasteiger partial charge in [0.05, 0.1) is 23.2 Å². The van der Waals surface area contributed by atoms with E-state index < -0.39 is 17.4 Å². The highest BCUT2D eigenvalue weighted by Crippen LogP contribution is 2.52.